The van der Waals surface area contributed by atoms with Crippen LogP contribution in [0.1, 0.15) is 5.56 Å². The molecule has 0 saturated heterocycles. The first-order chi connectivity index (χ1) is 8.08. The van der Waals surface area contributed by atoms with Gasteiger partial charge in [-0.2, -0.15) is 0 Å². The van der Waals surface area contributed by atoms with Crippen LogP contribution in [0, 0.1) is 6.92 Å². The van der Waals surface area contributed by atoms with Crippen molar-refractivity contribution in [3.8, 4) is 11.5 Å². The molecule has 0 aliphatic rings. The van der Waals surface area contributed by atoms with Gasteiger partial charge in [0.2, 0.25) is 0 Å². The number of ether oxygens (including phenoxy) is 1. The number of rotatable bonds is 2. The number of anilines is 1. The highest BCUT2D eigenvalue weighted by Crippen LogP contribution is 2.32. The third kappa shape index (κ3) is 2.65. The zero-order valence-electron chi connectivity index (χ0n) is 9.21. The number of nitrogens with two attached hydrogens (primary N) is 1. The Labute approximate surface area is 110 Å². The molecule has 2 N–H and O–H groups in total. The van der Waals surface area contributed by atoms with Gasteiger partial charge in [0.05, 0.1) is 15.7 Å². The average Bonchev–Trinajstić information content (AvgIpc) is 2.30. The predicted octanol–water partition coefficient (Wildman–Crippen LogP) is 4.68. The minimum Gasteiger partial charge on any atom is -0.455 e. The Morgan fingerprint density at radius 1 is 1.06 bits per heavy atom. The highest BCUT2D eigenvalue weighted by atomic mass is 35.5. The predicted molar refractivity (Wildman–Crippen MR) is 72.1 cm³/mol. The summed E-state index contributed by atoms with van der Waals surface area (Å²) in [7, 11) is 0. The van der Waals surface area contributed by atoms with Crippen molar-refractivity contribution in [2.24, 2.45) is 0 Å². The van der Waals surface area contributed by atoms with E-state index in [9.17, 15) is 0 Å². The van der Waals surface area contributed by atoms with Crippen molar-refractivity contribution < 1.29 is 4.74 Å². The number of benzene rings is 2. The Balaban J connectivity index is 2.31. The zero-order chi connectivity index (χ0) is 12.4. The molecule has 4 heteroatoms. The Morgan fingerprint density at radius 2 is 1.82 bits per heavy atom. The minimum absolute atomic E-state index is 0.454. The van der Waals surface area contributed by atoms with E-state index in [0.29, 0.717) is 27.2 Å². The van der Waals surface area contributed by atoms with Gasteiger partial charge in [-0.05, 0) is 30.7 Å². The van der Waals surface area contributed by atoms with Crippen molar-refractivity contribution in [2.45, 2.75) is 6.92 Å². The number of nitrogen functional groups attached to an aromatic ring is 1. The van der Waals surface area contributed by atoms with E-state index < -0.39 is 0 Å². The lowest BCUT2D eigenvalue weighted by Gasteiger charge is -2.10. The van der Waals surface area contributed by atoms with E-state index in [1.54, 1.807) is 18.2 Å². The first kappa shape index (κ1) is 12.1. The summed E-state index contributed by atoms with van der Waals surface area (Å²) in [5, 5.41) is 0.951. The van der Waals surface area contributed by atoms with E-state index in [1.807, 2.05) is 25.1 Å². The van der Waals surface area contributed by atoms with Crippen LogP contribution in [0.5, 0.6) is 11.5 Å². The third-order valence-corrected chi connectivity index (χ3v) is 3.14. The molecule has 0 amide bonds. The van der Waals surface area contributed by atoms with Crippen LogP contribution in [0.15, 0.2) is 36.4 Å². The normalized spacial score (nSPS) is 10.3. The molecule has 0 aliphatic heterocycles. The third-order valence-electron chi connectivity index (χ3n) is 2.40. The van der Waals surface area contributed by atoms with Gasteiger partial charge >= 0.3 is 0 Å². The molecule has 0 fully saturated rings. The largest absolute Gasteiger partial charge is 0.455 e. The van der Waals surface area contributed by atoms with Crippen LogP contribution in [0.4, 0.5) is 5.69 Å². The van der Waals surface area contributed by atoms with E-state index in [0.717, 1.165) is 5.56 Å². The molecule has 0 aliphatic carbocycles. The maximum atomic E-state index is 5.91. The maximum absolute atomic E-state index is 5.91. The number of para-hydroxylation sites is 1. The number of hydrogen-bond donors (Lipinski definition) is 1. The van der Waals surface area contributed by atoms with Crippen molar-refractivity contribution in [1.29, 1.82) is 0 Å². The second-order valence-corrected chi connectivity index (χ2v) is 4.48. The average molecular weight is 268 g/mol. The maximum Gasteiger partial charge on any atom is 0.150 e. The van der Waals surface area contributed by atoms with Crippen molar-refractivity contribution in [1.82, 2.24) is 0 Å². The Morgan fingerprint density at radius 3 is 2.53 bits per heavy atom. The number of aryl methyl sites for hydroxylation is 1. The summed E-state index contributed by atoms with van der Waals surface area (Å²) >= 11 is 11.7. The van der Waals surface area contributed by atoms with Crippen LogP contribution in [-0.2, 0) is 0 Å². The van der Waals surface area contributed by atoms with Gasteiger partial charge in [-0.25, -0.2) is 0 Å². The molecule has 0 atom stereocenters. The van der Waals surface area contributed by atoms with Crippen molar-refractivity contribution in [3.63, 3.8) is 0 Å². The molecular weight excluding hydrogens is 257 g/mol. The van der Waals surface area contributed by atoms with Gasteiger partial charge in [-0.3, -0.25) is 0 Å². The van der Waals surface area contributed by atoms with Gasteiger partial charge in [0.25, 0.3) is 0 Å². The summed E-state index contributed by atoms with van der Waals surface area (Å²) in [5.41, 5.74) is 7.51. The number of hydrogen-bond acceptors (Lipinski definition) is 2. The van der Waals surface area contributed by atoms with E-state index in [-0.39, 0.29) is 0 Å². The van der Waals surface area contributed by atoms with E-state index in [4.69, 9.17) is 33.7 Å². The highest BCUT2D eigenvalue weighted by molar-refractivity contribution is 6.42. The van der Waals surface area contributed by atoms with Gasteiger partial charge in [-0.1, -0.05) is 35.3 Å². The van der Waals surface area contributed by atoms with Crippen LogP contribution in [-0.4, -0.2) is 0 Å². The fourth-order valence-corrected chi connectivity index (χ4v) is 1.70. The first-order valence-electron chi connectivity index (χ1n) is 5.06. The Hall–Kier alpha value is -1.38. The summed E-state index contributed by atoms with van der Waals surface area (Å²) in [4.78, 5) is 0. The molecule has 2 nitrogen and oxygen atoms in total. The topological polar surface area (TPSA) is 35.2 Å². The van der Waals surface area contributed by atoms with Gasteiger partial charge in [0, 0.05) is 6.07 Å². The van der Waals surface area contributed by atoms with Crippen LogP contribution in [0.2, 0.25) is 10.0 Å². The molecule has 0 heterocycles. The molecule has 0 aromatic heterocycles. The Bertz CT molecular complexity index is 555. The molecule has 88 valence electrons. The van der Waals surface area contributed by atoms with Gasteiger partial charge in [0.15, 0.2) is 5.75 Å². The van der Waals surface area contributed by atoms with Crippen LogP contribution in [0.25, 0.3) is 0 Å². The van der Waals surface area contributed by atoms with Crippen molar-refractivity contribution >= 4 is 28.9 Å². The molecule has 2 rings (SSSR count). The SMILES string of the molecule is Cc1cccc(Oc2ccc(Cl)c(Cl)c2)c1N. The summed E-state index contributed by atoms with van der Waals surface area (Å²) < 4.78 is 5.66. The first-order valence-corrected chi connectivity index (χ1v) is 5.81. The molecule has 0 saturated carbocycles. The molecular formula is C13H11Cl2NO. The summed E-state index contributed by atoms with van der Waals surface area (Å²) in [6, 6.07) is 10.7. The fourth-order valence-electron chi connectivity index (χ4n) is 1.41. The molecule has 0 unspecified atom stereocenters. The van der Waals surface area contributed by atoms with Crippen LogP contribution in [0.3, 0.4) is 0 Å². The number of halogens is 2. The molecule has 17 heavy (non-hydrogen) atoms. The van der Waals surface area contributed by atoms with E-state index in [1.165, 1.54) is 0 Å². The monoisotopic (exact) mass is 267 g/mol. The van der Waals surface area contributed by atoms with Gasteiger partial charge < -0.3 is 10.5 Å². The zero-order valence-corrected chi connectivity index (χ0v) is 10.7. The fraction of sp³-hybridized carbons (Fsp3) is 0.0769. The lowest BCUT2D eigenvalue weighted by Crippen LogP contribution is -1.94. The van der Waals surface area contributed by atoms with Crippen LogP contribution >= 0.6 is 23.2 Å². The van der Waals surface area contributed by atoms with E-state index >= 15 is 0 Å². The van der Waals surface area contributed by atoms with Gasteiger partial charge in [0.1, 0.15) is 5.75 Å². The second-order valence-electron chi connectivity index (χ2n) is 3.66. The van der Waals surface area contributed by atoms with E-state index in [2.05, 4.69) is 0 Å². The quantitative estimate of drug-likeness (QED) is 0.803. The highest BCUT2D eigenvalue weighted by Gasteiger charge is 2.05. The second kappa shape index (κ2) is 4.86. The van der Waals surface area contributed by atoms with Crippen molar-refractivity contribution in [2.75, 3.05) is 5.73 Å². The summed E-state index contributed by atoms with van der Waals surface area (Å²) in [6.45, 7) is 1.93. The minimum atomic E-state index is 0.454. The van der Waals surface area contributed by atoms with Crippen molar-refractivity contribution in [3.05, 3.63) is 52.0 Å². The lowest BCUT2D eigenvalue weighted by molar-refractivity contribution is 0.485. The van der Waals surface area contributed by atoms with Crippen LogP contribution < -0.4 is 10.5 Å². The molecule has 2 aromatic carbocycles. The smallest absolute Gasteiger partial charge is 0.150 e. The van der Waals surface area contributed by atoms with Gasteiger partial charge in [-0.15, -0.1) is 0 Å². The molecule has 2 aromatic rings. The molecule has 0 radical (unpaired) electrons. The standard InChI is InChI=1S/C13H11Cl2NO/c1-8-3-2-4-12(13(8)16)17-9-5-6-10(14)11(15)7-9/h2-7H,16H2,1H3. The molecule has 0 spiro atoms. The summed E-state index contributed by atoms with van der Waals surface area (Å²) in [6.07, 6.45) is 0. The molecule has 0 bridgehead atoms. The Kier molecular flexibility index (Phi) is 3.46. The lowest BCUT2D eigenvalue weighted by atomic mass is 10.2. The summed E-state index contributed by atoms with van der Waals surface area (Å²) in [5.74, 6) is 1.22.